The largest absolute Gasteiger partial charge is 0.395 e. The highest BCUT2D eigenvalue weighted by molar-refractivity contribution is 6.31. The van der Waals surface area contributed by atoms with E-state index in [1.165, 1.54) is 0 Å². The number of ether oxygens (including phenoxy) is 1. The second-order valence-electron chi connectivity index (χ2n) is 31.6. The van der Waals surface area contributed by atoms with Crippen LogP contribution in [0.5, 0.6) is 0 Å². The van der Waals surface area contributed by atoms with Crippen molar-refractivity contribution < 1.29 is 48.2 Å². The zero-order valence-electron chi connectivity index (χ0n) is 68.4. The number of aliphatic hydroxyl groups is 1. The van der Waals surface area contributed by atoms with E-state index in [2.05, 4.69) is 29.8 Å². The molecule has 112 heavy (non-hydrogen) atoms. The molecule has 0 aliphatic carbocycles. The van der Waals surface area contributed by atoms with Crippen LogP contribution in [0.2, 0.25) is 25.1 Å². The van der Waals surface area contributed by atoms with Crippen LogP contribution in [0.3, 0.4) is 0 Å². The van der Waals surface area contributed by atoms with E-state index in [0.29, 0.717) is 57.3 Å². The van der Waals surface area contributed by atoms with Crippen LogP contribution in [0.1, 0.15) is 154 Å². The lowest BCUT2D eigenvalue weighted by Crippen LogP contribution is -2.49. The van der Waals surface area contributed by atoms with Gasteiger partial charge >= 0.3 is 0 Å². The Labute approximate surface area is 692 Å². The summed E-state index contributed by atoms with van der Waals surface area (Å²) in [5.74, 6) is 1.05. The van der Waals surface area contributed by atoms with E-state index in [0.717, 1.165) is 165 Å². The lowest BCUT2D eigenvalue weighted by Gasteiger charge is -2.36. The number of nitrogens with zero attached hydrogens (tertiary/aromatic N) is 8. The minimum atomic E-state index is -0.142. The molecular formula is C88H124Cl5N9O10. The zero-order valence-corrected chi connectivity index (χ0v) is 72.2. The van der Waals surface area contributed by atoms with Gasteiger partial charge in [-0.1, -0.05) is 188 Å². The summed E-state index contributed by atoms with van der Waals surface area (Å²) in [5.41, 5.74) is 5.12. The molecule has 0 radical (unpaired) electrons. The van der Waals surface area contributed by atoms with Crippen molar-refractivity contribution in [1.82, 2.24) is 44.5 Å². The molecule has 24 heteroatoms. The molecule has 19 nitrogen and oxygen atoms in total. The fourth-order valence-corrected chi connectivity index (χ4v) is 15.0. The number of rotatable bonds is 28. The van der Waals surface area contributed by atoms with Crippen LogP contribution in [-0.4, -0.2) is 261 Å². The Morgan fingerprint density at radius 1 is 0.348 bits per heavy atom. The van der Waals surface area contributed by atoms with Gasteiger partial charge in [0.2, 0.25) is 17.7 Å². The topological polar surface area (TPSA) is 204 Å². The zero-order chi connectivity index (χ0) is 82.3. The Balaban J connectivity index is 0.000000218. The molecule has 5 aliphatic heterocycles. The molecule has 5 aromatic rings. The summed E-state index contributed by atoms with van der Waals surface area (Å²) in [6, 6.07) is 38.3. The molecule has 6 atom stereocenters. The summed E-state index contributed by atoms with van der Waals surface area (Å²) in [7, 11) is 0. The summed E-state index contributed by atoms with van der Waals surface area (Å²) >= 11 is 29.8. The summed E-state index contributed by atoms with van der Waals surface area (Å²) in [6.07, 6.45) is 1.02. The lowest BCUT2D eigenvalue weighted by atomic mass is 9.88. The van der Waals surface area contributed by atoms with Crippen molar-refractivity contribution in [3.05, 3.63) is 174 Å². The fourth-order valence-electron chi connectivity index (χ4n) is 14.4. The maximum Gasteiger partial charge on any atom is 0.219 e. The van der Waals surface area contributed by atoms with E-state index in [1.807, 2.05) is 205 Å². The monoisotopic (exact) mass is 1640 g/mol. The van der Waals surface area contributed by atoms with Gasteiger partial charge in [-0.2, -0.15) is 0 Å². The molecule has 1 unspecified atom stereocenters. The van der Waals surface area contributed by atoms with Crippen molar-refractivity contribution in [3.8, 4) is 0 Å². The third-order valence-electron chi connectivity index (χ3n) is 21.6. The van der Waals surface area contributed by atoms with Gasteiger partial charge in [0.15, 0.2) is 0 Å². The van der Waals surface area contributed by atoms with E-state index in [4.69, 9.17) is 67.8 Å². The molecule has 5 heterocycles. The number of amides is 3. The highest BCUT2D eigenvalue weighted by atomic mass is 35.5. The van der Waals surface area contributed by atoms with E-state index in [-0.39, 0.29) is 112 Å². The number of nitrogens with one attached hydrogen (secondary N) is 1. The Morgan fingerprint density at radius 3 is 0.768 bits per heavy atom. The highest BCUT2D eigenvalue weighted by Gasteiger charge is 2.33. The van der Waals surface area contributed by atoms with Gasteiger partial charge < -0.3 is 29.9 Å². The van der Waals surface area contributed by atoms with E-state index in [1.54, 1.807) is 20.8 Å². The molecule has 10 rings (SSSR count). The molecule has 0 spiro atoms. The number of ketones is 5. The van der Waals surface area contributed by atoms with Crippen LogP contribution < -0.4 is 5.32 Å². The van der Waals surface area contributed by atoms with Crippen molar-refractivity contribution in [3.63, 3.8) is 0 Å². The first kappa shape index (κ1) is 94.8. The first-order valence-electron chi connectivity index (χ1n) is 40.0. The normalized spacial score (nSPS) is 18.1. The summed E-state index contributed by atoms with van der Waals surface area (Å²) in [4.78, 5) is 114. The van der Waals surface area contributed by atoms with Crippen LogP contribution in [0.15, 0.2) is 121 Å². The van der Waals surface area contributed by atoms with Crippen molar-refractivity contribution in [2.24, 2.45) is 29.6 Å². The Kier molecular flexibility index (Phi) is 41.1. The maximum absolute atomic E-state index is 12.7. The molecule has 0 bridgehead atoms. The SMILES string of the molecule is CC(=O)N1CCN(C[C@@H](C(=O)C(C)C)c2ccc(Cl)cc2)CC1.CC(=O)N1CCN(C[C@@H](C(=O)C(C)C)c2ccc(Cl)cc2)CC1.CC(=O)N1CCN(C[C@H](C(=O)C(C)C)c2ccc(Cl)cc2)CC1.CC(C)C(=O)[C@@H](CN1CCN(CCO)CC1)c1ccc(Cl)cc1.CC(C)C(=O)[C@H](CNC1CCOC1)c1ccc(Cl)cc1. The number of hydrogen-bond donors (Lipinski definition) is 2. The third kappa shape index (κ3) is 31.5. The Morgan fingerprint density at radius 2 is 0.562 bits per heavy atom. The van der Waals surface area contributed by atoms with Gasteiger partial charge in [0.05, 0.1) is 42.8 Å². The van der Waals surface area contributed by atoms with Crippen LogP contribution in [0.25, 0.3) is 0 Å². The van der Waals surface area contributed by atoms with Crippen LogP contribution >= 0.6 is 58.0 Å². The number of benzene rings is 5. The molecular weight excluding hydrogens is 1520 g/mol. The van der Waals surface area contributed by atoms with E-state index in [9.17, 15) is 38.4 Å². The van der Waals surface area contributed by atoms with Gasteiger partial charge in [-0.25, -0.2) is 0 Å². The van der Waals surface area contributed by atoms with Gasteiger partial charge in [-0.3, -0.25) is 62.9 Å². The predicted octanol–water partition coefficient (Wildman–Crippen LogP) is 13.7. The number of piperazine rings is 4. The standard InChI is InChI=1S/3C18H25ClN2O2.C18H27ClN2O2.C16H22ClNO2/c3*1-13(2)18(23)17(15-4-6-16(19)7-5-15)12-20-8-10-21(11-9-20)14(3)22;1-14(2)18(23)17(15-3-5-16(19)6-4-15)13-21-9-7-20(8-10-21)11-12-22;1-11(2)16(19)15(9-18-14-7-8-20-10-14)12-3-5-13(17)6-4-12/h3*4-7,13,17H,8-12H2,1-3H3;3-6,14,17,22H,7-13H2,1-2H3;3-6,11,14-15,18H,7-10H2,1-2H3/t4*17-;14?,15-/m11001/s1. The maximum atomic E-state index is 12.7. The van der Waals surface area contributed by atoms with Gasteiger partial charge in [-0.05, 0) is 94.9 Å². The van der Waals surface area contributed by atoms with Crippen LogP contribution in [0.4, 0.5) is 0 Å². The number of carbonyl (C=O) groups excluding carboxylic acids is 8. The van der Waals surface area contributed by atoms with Crippen molar-refractivity contribution >= 4 is 105 Å². The van der Waals surface area contributed by atoms with Gasteiger partial charge in [0.25, 0.3) is 0 Å². The van der Waals surface area contributed by atoms with Crippen molar-refractivity contribution in [2.45, 2.75) is 132 Å². The average molecular weight is 1650 g/mol. The summed E-state index contributed by atoms with van der Waals surface area (Å²) < 4.78 is 5.35. The minimum absolute atomic E-state index is 0.00538. The smallest absolute Gasteiger partial charge is 0.219 e. The van der Waals surface area contributed by atoms with Crippen LogP contribution in [0, 0.1) is 29.6 Å². The molecule has 0 saturated carbocycles. The van der Waals surface area contributed by atoms with Gasteiger partial charge in [-0.15, -0.1) is 0 Å². The van der Waals surface area contributed by atoms with Gasteiger partial charge in [0, 0.05) is 232 Å². The quantitative estimate of drug-likeness (QED) is 0.0478. The number of aliphatic hydroxyl groups excluding tert-OH is 1. The lowest BCUT2D eigenvalue weighted by molar-refractivity contribution is -0.131. The van der Waals surface area contributed by atoms with E-state index < -0.39 is 0 Å². The summed E-state index contributed by atoms with van der Waals surface area (Å²) in [5, 5.41) is 15.9. The fraction of sp³-hybridized carbons (Fsp3) is 0.568. The third-order valence-corrected chi connectivity index (χ3v) is 22.8. The molecule has 5 fully saturated rings. The average Bonchev–Trinajstić information content (AvgIpc) is 0.877. The molecule has 5 saturated heterocycles. The summed E-state index contributed by atoms with van der Waals surface area (Å²) in [6.45, 7) is 43.4. The molecule has 2 N–H and O–H groups in total. The van der Waals surface area contributed by atoms with Crippen LogP contribution in [-0.2, 0) is 43.1 Å². The van der Waals surface area contributed by atoms with Crippen molar-refractivity contribution in [1.29, 1.82) is 0 Å². The molecule has 5 aromatic carbocycles. The molecule has 0 aromatic heterocycles. The molecule has 616 valence electrons. The van der Waals surface area contributed by atoms with Gasteiger partial charge in [0.1, 0.15) is 28.9 Å². The molecule has 5 aliphatic rings. The second-order valence-corrected chi connectivity index (χ2v) is 33.7. The number of Topliss-reactive ketones (excluding diaryl/α,β-unsaturated/α-hetero) is 5. The van der Waals surface area contributed by atoms with Crippen molar-refractivity contribution in [2.75, 3.05) is 164 Å². The number of halogens is 5. The number of hydrogen-bond acceptors (Lipinski definition) is 16. The molecule has 3 amide bonds. The predicted molar refractivity (Wildman–Crippen MR) is 453 cm³/mol. The Bertz CT molecular complexity index is 3460. The first-order chi connectivity index (χ1) is 53.2. The minimum Gasteiger partial charge on any atom is -0.395 e. The Hall–Kier alpha value is -6.01. The number of carbonyl (C=O) groups is 8. The van der Waals surface area contributed by atoms with E-state index >= 15 is 0 Å². The highest BCUT2D eigenvalue weighted by Crippen LogP contribution is 2.30. The number of β-amino-alcohol motifs (C(OH)–C–C–N with tert-alkyl or cyclic N) is 1. The second kappa shape index (κ2) is 48.5. The first-order valence-corrected chi connectivity index (χ1v) is 41.9.